The largest absolute Gasteiger partial charge is 0.511 e. The molecule has 0 aromatic heterocycles. The highest BCUT2D eigenvalue weighted by molar-refractivity contribution is 7.90. The molecule has 4 rings (SSSR count). The molecule has 6 atom stereocenters. The van der Waals surface area contributed by atoms with Crippen LogP contribution in [0, 0.1) is 29.1 Å². The van der Waals surface area contributed by atoms with Gasteiger partial charge in [0.25, 0.3) is 0 Å². The SMILES string of the molecule is CC1(C)[C@@H]2[C@@H](C(=O)N[C@@H](C[C@@H]3CCNC3=O)C(N)=O)N(C(=O)[C@@H](NS(=O)(=O)C(F)(F)F)C3CCCCC3)C[C@@H]21. The van der Waals surface area contributed by atoms with Gasteiger partial charge in [0.15, 0.2) is 0 Å². The van der Waals surface area contributed by atoms with Gasteiger partial charge in [-0.05, 0) is 48.9 Å². The van der Waals surface area contributed by atoms with E-state index in [-0.39, 0.29) is 36.1 Å². The molecule has 4 fully saturated rings. The zero-order valence-corrected chi connectivity index (χ0v) is 22.7. The van der Waals surface area contributed by atoms with E-state index in [0.717, 1.165) is 11.3 Å². The maximum Gasteiger partial charge on any atom is 0.511 e. The number of carbonyl (C=O) groups is 4. The van der Waals surface area contributed by atoms with Crippen LogP contribution in [0.1, 0.15) is 58.8 Å². The Bertz CT molecular complexity index is 1120. The van der Waals surface area contributed by atoms with Gasteiger partial charge in [0, 0.05) is 19.0 Å². The number of nitrogens with one attached hydrogen (secondary N) is 3. The fourth-order valence-corrected chi connectivity index (χ4v) is 7.46. The number of nitrogens with two attached hydrogens (primary N) is 1. The summed E-state index contributed by atoms with van der Waals surface area (Å²) in [6.07, 6.45) is 3.27. The number of hydrogen-bond acceptors (Lipinski definition) is 6. The van der Waals surface area contributed by atoms with Crippen molar-refractivity contribution in [1.29, 1.82) is 0 Å². The Hall–Kier alpha value is -2.42. The number of sulfonamides is 1. The molecule has 0 bridgehead atoms. The molecule has 2 saturated heterocycles. The number of nitrogens with zero attached hydrogens (tertiary/aromatic N) is 1. The molecule has 2 aliphatic carbocycles. The summed E-state index contributed by atoms with van der Waals surface area (Å²) in [5.74, 6) is -4.36. The third kappa shape index (κ3) is 5.74. The second-order valence-corrected chi connectivity index (χ2v) is 13.5. The minimum absolute atomic E-state index is 0.0266. The molecule has 0 unspecified atom stereocenters. The highest BCUT2D eigenvalue weighted by Crippen LogP contribution is 2.65. The fraction of sp³-hybridized carbons (Fsp3) is 0.833. The first-order valence-corrected chi connectivity index (χ1v) is 14.8. The summed E-state index contributed by atoms with van der Waals surface area (Å²) in [4.78, 5) is 52.7. The molecule has 0 aromatic carbocycles. The zero-order chi connectivity index (χ0) is 28.9. The lowest BCUT2D eigenvalue weighted by Gasteiger charge is -2.37. The number of fused-ring (bicyclic) bond motifs is 1. The summed E-state index contributed by atoms with van der Waals surface area (Å²) in [7, 11) is -5.83. The maximum absolute atomic E-state index is 13.8. The third-order valence-electron chi connectivity index (χ3n) is 9.08. The van der Waals surface area contributed by atoms with E-state index in [1.807, 2.05) is 13.8 Å². The van der Waals surface area contributed by atoms with Crippen molar-refractivity contribution in [3.63, 3.8) is 0 Å². The molecule has 15 heteroatoms. The van der Waals surface area contributed by atoms with E-state index in [2.05, 4.69) is 10.6 Å². The first-order chi connectivity index (χ1) is 18.1. The predicted octanol–water partition coefficient (Wildman–Crippen LogP) is 0.354. The lowest BCUT2D eigenvalue weighted by atomic mass is 9.83. The van der Waals surface area contributed by atoms with Crippen LogP contribution in [-0.4, -0.2) is 73.7 Å². The molecule has 11 nitrogen and oxygen atoms in total. The van der Waals surface area contributed by atoms with Crippen LogP contribution in [0.2, 0.25) is 0 Å². The molecular formula is C24H36F3N5O6S. The number of likely N-dealkylation sites (tertiary alicyclic amines) is 1. The Labute approximate surface area is 225 Å². The van der Waals surface area contributed by atoms with Gasteiger partial charge in [-0.1, -0.05) is 33.1 Å². The molecule has 39 heavy (non-hydrogen) atoms. The standard InChI is InChI=1S/C24H36F3N5O6S/c1-23(2)14-11-32(22(36)17(12-6-4-3-5-7-12)31-39(37,38)24(25,26)27)18(16(14)23)21(35)30-15(19(28)33)10-13-8-9-29-20(13)34/h12-18,31H,3-11H2,1-2H3,(H2,28,33)(H,29,34)(H,30,35)/t13-,14-,15-,16-,17-,18-/m0/s1. The van der Waals surface area contributed by atoms with Crippen LogP contribution in [-0.2, 0) is 29.2 Å². The smallest absolute Gasteiger partial charge is 0.368 e. The van der Waals surface area contributed by atoms with Gasteiger partial charge in [0.2, 0.25) is 23.6 Å². The monoisotopic (exact) mass is 579 g/mol. The Kier molecular flexibility index (Phi) is 7.98. The number of alkyl halides is 3. The minimum atomic E-state index is -5.83. The summed E-state index contributed by atoms with van der Waals surface area (Å²) >= 11 is 0. The van der Waals surface area contributed by atoms with E-state index in [9.17, 15) is 40.8 Å². The van der Waals surface area contributed by atoms with Crippen molar-refractivity contribution in [3.05, 3.63) is 0 Å². The average Bonchev–Trinajstić information content (AvgIpc) is 3.19. The maximum atomic E-state index is 13.8. The van der Waals surface area contributed by atoms with Gasteiger partial charge in [-0.15, -0.1) is 0 Å². The van der Waals surface area contributed by atoms with Gasteiger partial charge in [-0.2, -0.15) is 17.9 Å². The van der Waals surface area contributed by atoms with Crippen LogP contribution in [0.3, 0.4) is 0 Å². The predicted molar refractivity (Wildman–Crippen MR) is 132 cm³/mol. The Morgan fingerprint density at radius 2 is 1.79 bits per heavy atom. The van der Waals surface area contributed by atoms with Crippen LogP contribution in [0.5, 0.6) is 0 Å². The van der Waals surface area contributed by atoms with Gasteiger partial charge < -0.3 is 21.3 Å². The number of halogens is 3. The molecule has 0 radical (unpaired) electrons. The molecule has 0 aromatic rings. The van der Waals surface area contributed by atoms with Gasteiger partial charge in [0.1, 0.15) is 18.1 Å². The normalized spacial score (nSPS) is 30.3. The van der Waals surface area contributed by atoms with Crippen LogP contribution in [0.4, 0.5) is 13.2 Å². The van der Waals surface area contributed by atoms with E-state index in [1.165, 1.54) is 0 Å². The average molecular weight is 580 g/mol. The molecule has 4 amide bonds. The number of primary amides is 1. The van der Waals surface area contributed by atoms with Crippen LogP contribution < -0.4 is 21.1 Å². The van der Waals surface area contributed by atoms with Crippen molar-refractivity contribution in [2.75, 3.05) is 13.1 Å². The highest BCUT2D eigenvalue weighted by Gasteiger charge is 2.70. The van der Waals surface area contributed by atoms with Crippen molar-refractivity contribution in [1.82, 2.24) is 20.3 Å². The number of hydrogen-bond donors (Lipinski definition) is 4. The van der Waals surface area contributed by atoms with Crippen molar-refractivity contribution < 1.29 is 40.8 Å². The summed E-state index contributed by atoms with van der Waals surface area (Å²) in [6.45, 7) is 4.31. The molecule has 220 valence electrons. The molecule has 2 heterocycles. The first kappa shape index (κ1) is 29.6. The molecule has 5 N–H and O–H groups in total. The molecular weight excluding hydrogens is 543 g/mol. The Morgan fingerprint density at radius 1 is 1.15 bits per heavy atom. The first-order valence-electron chi connectivity index (χ1n) is 13.3. The van der Waals surface area contributed by atoms with Crippen LogP contribution >= 0.6 is 0 Å². The van der Waals surface area contributed by atoms with Gasteiger partial charge in [-0.25, -0.2) is 8.42 Å². The Morgan fingerprint density at radius 3 is 2.33 bits per heavy atom. The number of rotatable bonds is 9. The summed E-state index contributed by atoms with van der Waals surface area (Å²) in [5, 5.41) is 5.22. The number of piperidine rings is 1. The van der Waals surface area contributed by atoms with E-state index < -0.39 is 63.2 Å². The van der Waals surface area contributed by atoms with Gasteiger partial charge in [-0.3, -0.25) is 19.2 Å². The number of amides is 4. The molecule has 4 aliphatic rings. The van der Waals surface area contributed by atoms with E-state index in [0.29, 0.717) is 38.6 Å². The summed E-state index contributed by atoms with van der Waals surface area (Å²) in [5.41, 5.74) is -0.446. The second-order valence-electron chi connectivity index (χ2n) is 11.8. The van der Waals surface area contributed by atoms with Crippen molar-refractivity contribution in [2.24, 2.45) is 34.8 Å². The quantitative estimate of drug-likeness (QED) is 0.308. The number of carbonyl (C=O) groups excluding carboxylic acids is 4. The Balaban J connectivity index is 1.58. The third-order valence-corrected chi connectivity index (χ3v) is 10.3. The van der Waals surface area contributed by atoms with E-state index in [1.54, 1.807) is 4.72 Å². The topological polar surface area (TPSA) is 168 Å². The second kappa shape index (κ2) is 10.5. The van der Waals surface area contributed by atoms with E-state index in [4.69, 9.17) is 5.73 Å². The van der Waals surface area contributed by atoms with Gasteiger partial charge >= 0.3 is 15.5 Å². The van der Waals surface area contributed by atoms with Crippen LogP contribution in [0.25, 0.3) is 0 Å². The van der Waals surface area contributed by atoms with E-state index >= 15 is 0 Å². The summed E-state index contributed by atoms with van der Waals surface area (Å²) in [6, 6.07) is -4.00. The van der Waals surface area contributed by atoms with Crippen LogP contribution in [0.15, 0.2) is 0 Å². The van der Waals surface area contributed by atoms with Gasteiger partial charge in [0.05, 0.1) is 0 Å². The molecule has 2 saturated carbocycles. The molecule has 2 aliphatic heterocycles. The lowest BCUT2D eigenvalue weighted by molar-refractivity contribution is -0.143. The van der Waals surface area contributed by atoms with Crippen molar-refractivity contribution in [2.45, 2.75) is 82.4 Å². The lowest BCUT2D eigenvalue weighted by Crippen LogP contribution is -2.60. The van der Waals surface area contributed by atoms with Crippen molar-refractivity contribution in [3.8, 4) is 0 Å². The minimum Gasteiger partial charge on any atom is -0.368 e. The zero-order valence-electron chi connectivity index (χ0n) is 21.9. The van der Waals surface area contributed by atoms with Crippen molar-refractivity contribution >= 4 is 33.7 Å². The molecule has 0 spiro atoms. The highest BCUT2D eigenvalue weighted by atomic mass is 32.2. The summed E-state index contributed by atoms with van der Waals surface area (Å²) < 4.78 is 65.6. The fourth-order valence-electron chi connectivity index (χ4n) is 6.70.